The van der Waals surface area contributed by atoms with Crippen molar-refractivity contribution in [1.29, 1.82) is 5.26 Å². The highest BCUT2D eigenvalue weighted by Crippen LogP contribution is 2.33. The van der Waals surface area contributed by atoms with Crippen LogP contribution < -0.4 is 5.56 Å². The Morgan fingerprint density at radius 3 is 2.60 bits per heavy atom. The average molecular weight is 281 g/mol. The molecular weight excluding hydrogens is 277 g/mol. The van der Waals surface area contributed by atoms with Crippen LogP contribution in [0, 0.1) is 11.3 Å². The van der Waals surface area contributed by atoms with Gasteiger partial charge in [0.2, 0.25) is 0 Å². The number of pyridine rings is 1. The van der Waals surface area contributed by atoms with E-state index in [-0.39, 0.29) is 11.0 Å². The van der Waals surface area contributed by atoms with Crippen molar-refractivity contribution >= 4 is 15.9 Å². The van der Waals surface area contributed by atoms with Crippen molar-refractivity contribution in [2.24, 2.45) is 0 Å². The molecule has 7 heteroatoms. The second-order valence-electron chi connectivity index (χ2n) is 2.66. The maximum Gasteiger partial charge on any atom is 0.417 e. The average Bonchev–Trinajstić information content (AvgIpc) is 2.09. The molecule has 0 aromatic carbocycles. The molecule has 0 unspecified atom stereocenters. The largest absolute Gasteiger partial charge is 0.417 e. The van der Waals surface area contributed by atoms with Gasteiger partial charge in [0, 0.05) is 16.7 Å². The number of nitriles is 1. The Morgan fingerprint density at radius 1 is 1.53 bits per heavy atom. The van der Waals surface area contributed by atoms with Crippen LogP contribution in [0.1, 0.15) is 5.56 Å². The molecule has 0 spiro atoms. The minimum atomic E-state index is -4.58. The number of halogens is 4. The van der Waals surface area contributed by atoms with Crippen molar-refractivity contribution in [2.45, 2.75) is 12.7 Å². The molecule has 0 aliphatic rings. The van der Waals surface area contributed by atoms with E-state index in [4.69, 9.17) is 5.26 Å². The molecule has 0 aliphatic carbocycles. The van der Waals surface area contributed by atoms with Crippen LogP contribution in [0.3, 0.4) is 0 Å². The first-order valence-electron chi connectivity index (χ1n) is 3.70. The molecule has 1 rings (SSSR count). The molecule has 1 heterocycles. The minimum Gasteiger partial charge on any atom is -0.301 e. The number of nitrogens with zero attached hydrogens (tertiary/aromatic N) is 2. The lowest BCUT2D eigenvalue weighted by Crippen LogP contribution is -2.22. The maximum atomic E-state index is 12.3. The minimum absolute atomic E-state index is 0.259. The van der Waals surface area contributed by atoms with Crippen LogP contribution in [0.4, 0.5) is 13.2 Å². The van der Waals surface area contributed by atoms with Gasteiger partial charge in [-0.3, -0.25) is 4.79 Å². The molecule has 0 fully saturated rings. The van der Waals surface area contributed by atoms with E-state index in [0.29, 0.717) is 6.07 Å². The molecule has 15 heavy (non-hydrogen) atoms. The highest BCUT2D eigenvalue weighted by molar-refractivity contribution is 9.10. The smallest absolute Gasteiger partial charge is 0.301 e. The Morgan fingerprint density at radius 2 is 2.13 bits per heavy atom. The molecule has 3 nitrogen and oxygen atoms in total. The van der Waals surface area contributed by atoms with E-state index in [9.17, 15) is 18.0 Å². The van der Waals surface area contributed by atoms with Gasteiger partial charge >= 0.3 is 6.18 Å². The zero-order valence-corrected chi connectivity index (χ0v) is 8.76. The third-order valence-corrected chi connectivity index (χ3v) is 2.26. The van der Waals surface area contributed by atoms with E-state index in [1.54, 1.807) is 6.07 Å². The lowest BCUT2D eigenvalue weighted by atomic mass is 10.2. The quantitative estimate of drug-likeness (QED) is 0.791. The van der Waals surface area contributed by atoms with Gasteiger partial charge in [-0.15, -0.1) is 0 Å². The fraction of sp³-hybridized carbons (Fsp3) is 0.250. The van der Waals surface area contributed by atoms with Crippen LogP contribution in [0.15, 0.2) is 21.5 Å². The summed E-state index contributed by atoms with van der Waals surface area (Å²) in [5.41, 5.74) is -1.89. The van der Waals surface area contributed by atoms with E-state index in [0.717, 1.165) is 10.8 Å². The van der Waals surface area contributed by atoms with Gasteiger partial charge in [-0.25, -0.2) is 0 Å². The van der Waals surface area contributed by atoms with Crippen molar-refractivity contribution in [3.05, 3.63) is 32.7 Å². The van der Waals surface area contributed by atoms with Crippen LogP contribution >= 0.6 is 15.9 Å². The van der Waals surface area contributed by atoms with Gasteiger partial charge in [0.15, 0.2) is 0 Å². The SMILES string of the molecule is N#CCn1cc(Br)c(C(F)(F)F)cc1=O. The summed E-state index contributed by atoms with van der Waals surface area (Å²) < 4.78 is 37.5. The van der Waals surface area contributed by atoms with Gasteiger partial charge in [-0.1, -0.05) is 0 Å². The fourth-order valence-corrected chi connectivity index (χ4v) is 1.55. The monoisotopic (exact) mass is 280 g/mol. The van der Waals surface area contributed by atoms with E-state index in [1.165, 1.54) is 0 Å². The van der Waals surface area contributed by atoms with Crippen molar-refractivity contribution in [3.8, 4) is 6.07 Å². The molecule has 80 valence electrons. The van der Waals surface area contributed by atoms with Gasteiger partial charge in [0.05, 0.1) is 11.6 Å². The number of alkyl halides is 3. The lowest BCUT2D eigenvalue weighted by Gasteiger charge is -2.09. The Hall–Kier alpha value is -1.29. The Labute approximate surface area is 90.9 Å². The summed E-state index contributed by atoms with van der Waals surface area (Å²) in [5.74, 6) is 0. The molecule has 0 aliphatic heterocycles. The van der Waals surface area contributed by atoms with Crippen molar-refractivity contribution < 1.29 is 13.2 Å². The Bertz CT molecular complexity index is 472. The first-order chi connectivity index (χ1) is 6.86. The lowest BCUT2D eigenvalue weighted by molar-refractivity contribution is -0.138. The highest BCUT2D eigenvalue weighted by atomic mass is 79.9. The first kappa shape index (κ1) is 11.8. The number of rotatable bonds is 1. The summed E-state index contributed by atoms with van der Waals surface area (Å²) in [7, 11) is 0. The van der Waals surface area contributed by atoms with Crippen LogP contribution in [0.25, 0.3) is 0 Å². The van der Waals surface area contributed by atoms with E-state index in [2.05, 4.69) is 15.9 Å². The summed E-state index contributed by atoms with van der Waals surface area (Å²) in [6.07, 6.45) is -3.63. The third kappa shape index (κ3) is 2.59. The summed E-state index contributed by atoms with van der Waals surface area (Å²) in [5, 5.41) is 8.32. The molecule has 1 aromatic rings. The highest BCUT2D eigenvalue weighted by Gasteiger charge is 2.33. The van der Waals surface area contributed by atoms with Gasteiger partial charge in [-0.05, 0) is 15.9 Å². The number of hydrogen-bond donors (Lipinski definition) is 0. The topological polar surface area (TPSA) is 45.8 Å². The molecule has 0 radical (unpaired) electrons. The molecule has 0 atom stereocenters. The summed E-state index contributed by atoms with van der Waals surface area (Å²) >= 11 is 2.70. The normalized spacial score (nSPS) is 11.1. The van der Waals surface area contributed by atoms with Crippen LogP contribution in [0.5, 0.6) is 0 Å². The number of aromatic nitrogens is 1. The van der Waals surface area contributed by atoms with Crippen LogP contribution in [-0.4, -0.2) is 4.57 Å². The maximum absolute atomic E-state index is 12.3. The molecule has 1 aromatic heterocycles. The van der Waals surface area contributed by atoms with Crippen LogP contribution in [0.2, 0.25) is 0 Å². The van der Waals surface area contributed by atoms with E-state index >= 15 is 0 Å². The van der Waals surface area contributed by atoms with E-state index in [1.807, 2.05) is 0 Å². The first-order valence-corrected chi connectivity index (χ1v) is 4.49. The van der Waals surface area contributed by atoms with Crippen LogP contribution in [-0.2, 0) is 12.7 Å². The Kier molecular flexibility index (Phi) is 3.19. The zero-order chi connectivity index (χ0) is 11.6. The van der Waals surface area contributed by atoms with E-state index < -0.39 is 17.3 Å². The predicted molar refractivity (Wildman–Crippen MR) is 49.0 cm³/mol. The Balaban J connectivity index is 3.34. The second kappa shape index (κ2) is 4.06. The van der Waals surface area contributed by atoms with Crippen molar-refractivity contribution in [3.63, 3.8) is 0 Å². The summed E-state index contributed by atoms with van der Waals surface area (Å²) in [4.78, 5) is 11.1. The van der Waals surface area contributed by atoms with Crippen molar-refractivity contribution in [2.75, 3.05) is 0 Å². The van der Waals surface area contributed by atoms with Gasteiger partial charge in [-0.2, -0.15) is 18.4 Å². The molecule has 0 N–H and O–H groups in total. The molecule has 0 saturated carbocycles. The second-order valence-corrected chi connectivity index (χ2v) is 3.51. The van der Waals surface area contributed by atoms with Crippen molar-refractivity contribution in [1.82, 2.24) is 4.57 Å². The third-order valence-electron chi connectivity index (χ3n) is 1.62. The molecule has 0 amide bonds. The van der Waals surface area contributed by atoms with Gasteiger partial charge in [0.25, 0.3) is 5.56 Å². The number of hydrogen-bond acceptors (Lipinski definition) is 2. The standard InChI is InChI=1S/C8H4BrF3N2O/c9-6-4-14(2-1-13)7(15)3-5(6)8(10,11)12/h3-4H,2H2. The fourth-order valence-electron chi connectivity index (χ4n) is 0.962. The zero-order valence-electron chi connectivity index (χ0n) is 7.18. The predicted octanol–water partition coefficient (Wildman–Crippen LogP) is 2.15. The summed E-state index contributed by atoms with van der Waals surface area (Å²) in [6.45, 7) is -0.282. The molecule has 0 saturated heterocycles. The van der Waals surface area contributed by atoms with Gasteiger partial charge < -0.3 is 4.57 Å². The molecule has 0 bridgehead atoms. The van der Waals surface area contributed by atoms with Gasteiger partial charge in [0.1, 0.15) is 6.54 Å². The molecular formula is C8H4BrF3N2O. The summed E-state index contributed by atoms with van der Waals surface area (Å²) in [6, 6.07) is 2.13.